The van der Waals surface area contributed by atoms with E-state index < -0.39 is 0 Å². The topological polar surface area (TPSA) is 64.9 Å². The summed E-state index contributed by atoms with van der Waals surface area (Å²) in [6.45, 7) is 0. The predicted molar refractivity (Wildman–Crippen MR) is 72.9 cm³/mol. The molecule has 3 nitrogen and oxygen atoms in total. The van der Waals surface area contributed by atoms with Crippen molar-refractivity contribution in [3.63, 3.8) is 0 Å². The summed E-state index contributed by atoms with van der Waals surface area (Å²) in [5, 5.41) is 0. The van der Waals surface area contributed by atoms with Crippen LogP contribution in [0.1, 0.15) is 22.7 Å². The van der Waals surface area contributed by atoms with Gasteiger partial charge in [-0.1, -0.05) is 30.3 Å². The molecule has 92 valence electrons. The van der Waals surface area contributed by atoms with Crippen LogP contribution in [0.15, 0.2) is 42.6 Å². The van der Waals surface area contributed by atoms with Crippen LogP contribution in [-0.2, 0) is 12.8 Å². The van der Waals surface area contributed by atoms with Gasteiger partial charge in [-0.25, -0.2) is 4.98 Å². The van der Waals surface area contributed by atoms with E-state index in [1.54, 1.807) is 6.20 Å². The smallest absolute Gasteiger partial charge is 0.128 e. The second-order valence-electron chi connectivity index (χ2n) is 4.94. The molecular formula is C15H17N3. The van der Waals surface area contributed by atoms with E-state index in [4.69, 9.17) is 11.5 Å². The van der Waals surface area contributed by atoms with Gasteiger partial charge in [0.25, 0.3) is 0 Å². The number of pyridine rings is 1. The summed E-state index contributed by atoms with van der Waals surface area (Å²) in [4.78, 5) is 4.12. The van der Waals surface area contributed by atoms with Crippen molar-refractivity contribution in [2.75, 3.05) is 5.73 Å². The van der Waals surface area contributed by atoms with E-state index in [0.29, 0.717) is 11.7 Å². The molecule has 2 aromatic rings. The molecular weight excluding hydrogens is 222 g/mol. The van der Waals surface area contributed by atoms with Crippen LogP contribution in [0.2, 0.25) is 0 Å². The molecule has 1 aliphatic carbocycles. The van der Waals surface area contributed by atoms with E-state index >= 15 is 0 Å². The van der Waals surface area contributed by atoms with E-state index in [2.05, 4.69) is 29.2 Å². The molecule has 0 amide bonds. The minimum absolute atomic E-state index is 0.0360. The highest BCUT2D eigenvalue weighted by molar-refractivity contribution is 5.42. The van der Waals surface area contributed by atoms with Gasteiger partial charge >= 0.3 is 0 Å². The standard InChI is InChI=1S/C15H17N3/c16-14(13-6-3-7-18-15(13)17)12-8-10-4-1-2-5-11(10)9-12/h1-7,12,14H,8-9,16H2,(H2,17,18). The van der Waals surface area contributed by atoms with Gasteiger partial charge in [0, 0.05) is 17.8 Å². The number of nitrogens with zero attached hydrogens (tertiary/aromatic N) is 1. The van der Waals surface area contributed by atoms with Gasteiger partial charge in [-0.3, -0.25) is 0 Å². The molecule has 0 radical (unpaired) electrons. The van der Waals surface area contributed by atoms with E-state index in [1.807, 2.05) is 12.1 Å². The summed E-state index contributed by atoms with van der Waals surface area (Å²) in [7, 11) is 0. The first-order valence-electron chi connectivity index (χ1n) is 6.28. The van der Waals surface area contributed by atoms with E-state index in [9.17, 15) is 0 Å². The summed E-state index contributed by atoms with van der Waals surface area (Å²) >= 11 is 0. The summed E-state index contributed by atoms with van der Waals surface area (Å²) in [5.41, 5.74) is 16.1. The molecule has 0 aliphatic heterocycles. The van der Waals surface area contributed by atoms with Crippen LogP contribution in [0, 0.1) is 5.92 Å². The Hall–Kier alpha value is -1.87. The average Bonchev–Trinajstić information content (AvgIpc) is 2.82. The number of benzene rings is 1. The van der Waals surface area contributed by atoms with Crippen LogP contribution < -0.4 is 11.5 Å². The van der Waals surface area contributed by atoms with Crippen molar-refractivity contribution in [1.82, 2.24) is 4.98 Å². The van der Waals surface area contributed by atoms with Crippen molar-refractivity contribution in [1.29, 1.82) is 0 Å². The first-order chi connectivity index (χ1) is 8.75. The number of fused-ring (bicyclic) bond motifs is 1. The maximum absolute atomic E-state index is 6.36. The molecule has 3 rings (SSSR count). The maximum Gasteiger partial charge on any atom is 0.128 e. The second-order valence-corrected chi connectivity index (χ2v) is 4.94. The van der Waals surface area contributed by atoms with Crippen LogP contribution in [0.3, 0.4) is 0 Å². The zero-order valence-electron chi connectivity index (χ0n) is 10.2. The van der Waals surface area contributed by atoms with Gasteiger partial charge in [0.1, 0.15) is 5.82 Å². The molecule has 4 N–H and O–H groups in total. The van der Waals surface area contributed by atoms with E-state index in [-0.39, 0.29) is 6.04 Å². The molecule has 0 saturated heterocycles. The van der Waals surface area contributed by atoms with Crippen LogP contribution >= 0.6 is 0 Å². The van der Waals surface area contributed by atoms with Gasteiger partial charge < -0.3 is 11.5 Å². The number of rotatable bonds is 2. The SMILES string of the molecule is Nc1ncccc1C(N)C1Cc2ccccc2C1. The molecule has 1 heterocycles. The number of nitrogens with two attached hydrogens (primary N) is 2. The fourth-order valence-electron chi connectivity index (χ4n) is 2.81. The molecule has 0 saturated carbocycles. The number of nitrogen functional groups attached to an aromatic ring is 1. The normalized spacial score (nSPS) is 16.5. The third-order valence-electron chi connectivity index (χ3n) is 3.82. The van der Waals surface area contributed by atoms with Gasteiger partial charge in [-0.2, -0.15) is 0 Å². The van der Waals surface area contributed by atoms with Crippen molar-refractivity contribution in [2.24, 2.45) is 11.7 Å². The Balaban J connectivity index is 1.85. The quantitative estimate of drug-likeness (QED) is 0.843. The van der Waals surface area contributed by atoms with Gasteiger partial charge in [0.15, 0.2) is 0 Å². The van der Waals surface area contributed by atoms with Crippen molar-refractivity contribution in [3.8, 4) is 0 Å². The van der Waals surface area contributed by atoms with Gasteiger partial charge in [0.05, 0.1) is 0 Å². The third-order valence-corrected chi connectivity index (χ3v) is 3.82. The zero-order chi connectivity index (χ0) is 12.5. The lowest BCUT2D eigenvalue weighted by atomic mass is 9.91. The molecule has 1 aliphatic rings. The lowest BCUT2D eigenvalue weighted by Crippen LogP contribution is -2.23. The average molecular weight is 239 g/mol. The van der Waals surface area contributed by atoms with Gasteiger partial charge in [-0.15, -0.1) is 0 Å². The summed E-state index contributed by atoms with van der Waals surface area (Å²) in [5.74, 6) is 0.981. The molecule has 0 fully saturated rings. The van der Waals surface area contributed by atoms with Gasteiger partial charge in [-0.05, 0) is 36.0 Å². The first kappa shape index (κ1) is 11.2. The molecule has 1 atom stereocenters. The Labute approximate surface area is 107 Å². The number of hydrogen-bond acceptors (Lipinski definition) is 3. The molecule has 0 spiro atoms. The fraction of sp³-hybridized carbons (Fsp3) is 0.267. The summed E-state index contributed by atoms with van der Waals surface area (Å²) in [6.07, 6.45) is 3.77. The number of hydrogen-bond donors (Lipinski definition) is 2. The van der Waals surface area contributed by atoms with Crippen LogP contribution in [0.4, 0.5) is 5.82 Å². The first-order valence-corrected chi connectivity index (χ1v) is 6.28. The highest BCUT2D eigenvalue weighted by atomic mass is 14.8. The van der Waals surface area contributed by atoms with E-state index in [1.165, 1.54) is 11.1 Å². The van der Waals surface area contributed by atoms with E-state index in [0.717, 1.165) is 18.4 Å². The monoisotopic (exact) mass is 239 g/mol. The Morgan fingerprint density at radius 2 is 1.72 bits per heavy atom. The van der Waals surface area contributed by atoms with Crippen molar-refractivity contribution >= 4 is 5.82 Å². The third kappa shape index (κ3) is 1.87. The predicted octanol–water partition coefficient (Wildman–Crippen LogP) is 2.08. The number of anilines is 1. The highest BCUT2D eigenvalue weighted by Gasteiger charge is 2.28. The van der Waals surface area contributed by atoms with Crippen LogP contribution in [0.25, 0.3) is 0 Å². The van der Waals surface area contributed by atoms with Crippen molar-refractivity contribution in [3.05, 3.63) is 59.3 Å². The maximum atomic E-state index is 6.36. The minimum Gasteiger partial charge on any atom is -0.383 e. The second kappa shape index (κ2) is 4.42. The summed E-state index contributed by atoms with van der Waals surface area (Å²) < 4.78 is 0. The Bertz CT molecular complexity index is 540. The Kier molecular flexibility index (Phi) is 2.76. The minimum atomic E-state index is -0.0360. The lowest BCUT2D eigenvalue weighted by Gasteiger charge is -2.20. The lowest BCUT2D eigenvalue weighted by molar-refractivity contribution is 0.454. The number of aromatic nitrogens is 1. The van der Waals surface area contributed by atoms with Crippen LogP contribution in [-0.4, -0.2) is 4.98 Å². The fourth-order valence-corrected chi connectivity index (χ4v) is 2.81. The Morgan fingerprint density at radius 3 is 2.33 bits per heavy atom. The van der Waals surface area contributed by atoms with Crippen LogP contribution in [0.5, 0.6) is 0 Å². The molecule has 3 heteroatoms. The van der Waals surface area contributed by atoms with Crippen molar-refractivity contribution in [2.45, 2.75) is 18.9 Å². The van der Waals surface area contributed by atoms with Gasteiger partial charge in [0.2, 0.25) is 0 Å². The Morgan fingerprint density at radius 1 is 1.06 bits per heavy atom. The largest absolute Gasteiger partial charge is 0.383 e. The zero-order valence-corrected chi connectivity index (χ0v) is 10.2. The molecule has 0 bridgehead atoms. The summed E-state index contributed by atoms with van der Waals surface area (Å²) in [6, 6.07) is 12.4. The molecule has 1 aromatic carbocycles. The highest BCUT2D eigenvalue weighted by Crippen LogP contribution is 2.34. The molecule has 1 aromatic heterocycles. The molecule has 18 heavy (non-hydrogen) atoms. The molecule has 1 unspecified atom stereocenters. The van der Waals surface area contributed by atoms with Crippen molar-refractivity contribution < 1.29 is 0 Å².